The van der Waals surface area contributed by atoms with Crippen molar-refractivity contribution in [1.82, 2.24) is 0 Å². The van der Waals surface area contributed by atoms with Gasteiger partial charge in [0.25, 0.3) is 5.69 Å². The van der Waals surface area contributed by atoms with Crippen LogP contribution in [0.5, 0.6) is 0 Å². The van der Waals surface area contributed by atoms with E-state index in [1.807, 2.05) is 0 Å². The van der Waals surface area contributed by atoms with E-state index in [1.165, 1.54) is 6.07 Å². The molecule has 18 heavy (non-hydrogen) atoms. The van der Waals surface area contributed by atoms with E-state index in [0.29, 0.717) is 4.47 Å². The lowest BCUT2D eigenvalue weighted by Crippen LogP contribution is -1.96. The van der Waals surface area contributed by atoms with Crippen LogP contribution in [0.4, 0.5) is 11.4 Å². The molecule has 0 spiro atoms. The van der Waals surface area contributed by atoms with Gasteiger partial charge in [-0.2, -0.15) is 16.8 Å². The highest BCUT2D eigenvalue weighted by molar-refractivity contribution is 9.10. The minimum absolute atomic E-state index is 0.0538. The van der Waals surface area contributed by atoms with Crippen molar-refractivity contribution in [2.45, 2.75) is 6.92 Å². The van der Waals surface area contributed by atoms with Crippen LogP contribution in [-0.2, 0) is 18.5 Å². The van der Waals surface area contributed by atoms with Crippen LogP contribution in [0.1, 0.15) is 5.56 Å². The van der Waals surface area contributed by atoms with Crippen LogP contribution in [0.2, 0.25) is 0 Å². The zero-order chi connectivity index (χ0) is 14.5. The van der Waals surface area contributed by atoms with Gasteiger partial charge >= 0.3 is 18.5 Å². The molecule has 0 unspecified atom stereocenters. The molecule has 0 amide bonds. The zero-order valence-electron chi connectivity index (χ0n) is 8.82. The Kier molecular flexibility index (Phi) is 6.51. The number of rotatable bonds is 1. The summed E-state index contributed by atoms with van der Waals surface area (Å²) in [6, 6.07) is 3.18. The lowest BCUT2D eigenvalue weighted by molar-refractivity contribution is -0.384. The van der Waals surface area contributed by atoms with Gasteiger partial charge in [0.05, 0.1) is 4.92 Å². The molecule has 0 saturated carbocycles. The van der Waals surface area contributed by atoms with Crippen molar-refractivity contribution in [2.24, 2.45) is 0 Å². The summed E-state index contributed by atoms with van der Waals surface area (Å²) in [5.41, 5.74) is 6.39. The Bertz CT molecular complexity index is 666. The molecular formula is C7H7BrN2O6S2. The molecule has 1 rings (SSSR count). The third-order valence-electron chi connectivity index (χ3n) is 1.56. The summed E-state index contributed by atoms with van der Waals surface area (Å²) in [5.74, 6) is 0. The van der Waals surface area contributed by atoms with E-state index in [2.05, 4.69) is 15.9 Å². The zero-order valence-corrected chi connectivity index (χ0v) is 12.0. The Labute approximate surface area is 112 Å². The second-order valence-corrected chi connectivity index (χ2v) is 6.15. The van der Waals surface area contributed by atoms with E-state index >= 15 is 0 Å². The molecule has 0 radical (unpaired) electrons. The molecular weight excluding hydrogens is 352 g/mol. The van der Waals surface area contributed by atoms with Gasteiger partial charge in [-0.05, 0) is 34.5 Å². The van der Waals surface area contributed by atoms with Crippen molar-refractivity contribution in [2.75, 3.05) is 5.73 Å². The van der Waals surface area contributed by atoms with Gasteiger partial charge < -0.3 is 5.73 Å². The number of nitrogens with zero attached hydrogens (tertiary/aromatic N) is 1. The molecule has 0 aliphatic rings. The van der Waals surface area contributed by atoms with Crippen LogP contribution < -0.4 is 5.73 Å². The summed E-state index contributed by atoms with van der Waals surface area (Å²) in [6.45, 7) is 1.78. The summed E-state index contributed by atoms with van der Waals surface area (Å²) in [4.78, 5) is 9.94. The number of nitrogen functional groups attached to an aromatic ring is 1. The van der Waals surface area contributed by atoms with E-state index in [1.54, 1.807) is 13.0 Å². The molecule has 0 aromatic heterocycles. The average Bonchev–Trinajstić information content (AvgIpc) is 2.23. The second-order valence-electron chi connectivity index (χ2n) is 2.84. The number of benzene rings is 1. The van der Waals surface area contributed by atoms with Gasteiger partial charge in [-0.3, -0.25) is 10.1 Å². The molecule has 11 heteroatoms. The van der Waals surface area contributed by atoms with E-state index in [0.717, 1.165) is 5.56 Å². The normalized spacial score (nSPS) is 9.00. The van der Waals surface area contributed by atoms with Crippen LogP contribution in [0, 0.1) is 17.0 Å². The number of nitrogens with two attached hydrogens (primary N) is 1. The Morgan fingerprint density at radius 3 is 2.00 bits per heavy atom. The minimum atomic E-state index is -2.95. The first-order valence-electron chi connectivity index (χ1n) is 4.05. The molecule has 8 nitrogen and oxygen atoms in total. The van der Waals surface area contributed by atoms with Crippen LogP contribution >= 0.6 is 15.9 Å². The second kappa shape index (κ2) is 7.08. The number of hydrogen-bond acceptors (Lipinski definition) is 7. The summed E-state index contributed by atoms with van der Waals surface area (Å²) < 4.78 is 36.9. The highest BCUT2D eigenvalue weighted by atomic mass is 79.9. The molecule has 1 aromatic rings. The average molecular weight is 359 g/mol. The van der Waals surface area contributed by atoms with Gasteiger partial charge in [-0.25, -0.2) is 0 Å². The fraction of sp³-hybridized carbons (Fsp3) is 0.143. The number of nitro groups is 1. The van der Waals surface area contributed by atoms with Gasteiger partial charge in [-0.1, -0.05) is 0 Å². The van der Waals surface area contributed by atoms with Crippen molar-refractivity contribution < 1.29 is 21.8 Å². The number of aryl methyl sites for hydroxylation is 1. The number of nitro benzene ring substituents is 1. The predicted octanol–water partition coefficient (Wildman–Crippen LogP) is 0.908. The highest BCUT2D eigenvalue weighted by Crippen LogP contribution is 2.30. The quantitative estimate of drug-likeness (QED) is 0.447. The van der Waals surface area contributed by atoms with Crippen LogP contribution in [0.25, 0.3) is 0 Å². The van der Waals surface area contributed by atoms with Gasteiger partial charge in [0.2, 0.25) is 0 Å². The summed E-state index contributed by atoms with van der Waals surface area (Å²) >= 11 is 3.14. The smallest absolute Gasteiger partial charge is 0.335 e. The molecule has 0 aliphatic carbocycles. The monoisotopic (exact) mass is 358 g/mol. The summed E-state index contributed by atoms with van der Waals surface area (Å²) in [7, 11) is -5.90. The third-order valence-corrected chi connectivity index (χ3v) is 3.10. The SMILES string of the molecule is Cc1cc(Br)c(N)c([N+](=O)[O-])c1.O=S(=O)=S(=O)=O. The Morgan fingerprint density at radius 1 is 1.22 bits per heavy atom. The standard InChI is InChI=1S/C7H7BrN2O2.O4S2/c1-4-2-5(8)7(9)6(3-4)10(11)12;1-5(2)6(3)4/h2-3H,9H2,1H3;. The fourth-order valence-electron chi connectivity index (χ4n) is 0.886. The molecule has 0 fully saturated rings. The van der Waals surface area contributed by atoms with Crippen LogP contribution in [0.3, 0.4) is 0 Å². The van der Waals surface area contributed by atoms with Crippen LogP contribution in [-0.4, -0.2) is 21.8 Å². The van der Waals surface area contributed by atoms with Crippen LogP contribution in [0.15, 0.2) is 16.6 Å². The molecule has 0 heterocycles. The molecule has 0 aliphatic heterocycles. The van der Waals surface area contributed by atoms with Crippen molar-refractivity contribution >= 4 is 45.8 Å². The molecule has 2 N–H and O–H groups in total. The van der Waals surface area contributed by atoms with E-state index in [-0.39, 0.29) is 11.4 Å². The first-order chi connectivity index (χ1) is 8.16. The van der Waals surface area contributed by atoms with E-state index in [4.69, 9.17) is 22.6 Å². The molecule has 0 saturated heterocycles. The summed E-state index contributed by atoms with van der Waals surface area (Å²) in [5, 5.41) is 10.4. The largest absolute Gasteiger partial charge is 0.392 e. The Morgan fingerprint density at radius 2 is 1.67 bits per heavy atom. The first-order valence-corrected chi connectivity index (χ1v) is 7.51. The molecule has 0 atom stereocenters. The van der Waals surface area contributed by atoms with Gasteiger partial charge in [0.15, 0.2) is 0 Å². The molecule has 1 aromatic carbocycles. The lowest BCUT2D eigenvalue weighted by atomic mass is 10.2. The van der Waals surface area contributed by atoms with E-state index < -0.39 is 23.5 Å². The highest BCUT2D eigenvalue weighted by Gasteiger charge is 2.13. The molecule has 0 bridgehead atoms. The van der Waals surface area contributed by atoms with E-state index in [9.17, 15) is 10.1 Å². The van der Waals surface area contributed by atoms with Gasteiger partial charge in [0.1, 0.15) is 5.69 Å². The van der Waals surface area contributed by atoms with Gasteiger partial charge in [0, 0.05) is 10.5 Å². The number of halogens is 1. The Balaban J connectivity index is 0.000000411. The summed E-state index contributed by atoms with van der Waals surface area (Å²) in [6.07, 6.45) is 0. The Hall–Kier alpha value is -1.46. The van der Waals surface area contributed by atoms with Gasteiger partial charge in [-0.15, -0.1) is 0 Å². The minimum Gasteiger partial charge on any atom is -0.392 e. The first kappa shape index (κ1) is 16.5. The fourth-order valence-corrected chi connectivity index (χ4v) is 1.45. The number of anilines is 1. The third kappa shape index (κ3) is 5.25. The maximum absolute atomic E-state index is 10.4. The topological polar surface area (TPSA) is 137 Å². The van der Waals surface area contributed by atoms with Crippen molar-refractivity contribution in [3.05, 3.63) is 32.3 Å². The van der Waals surface area contributed by atoms with Crippen molar-refractivity contribution in [1.29, 1.82) is 0 Å². The van der Waals surface area contributed by atoms with Crippen molar-refractivity contribution in [3.8, 4) is 0 Å². The number of hydrogen-bond donors (Lipinski definition) is 1. The maximum atomic E-state index is 10.4. The maximum Gasteiger partial charge on any atom is 0.335 e. The van der Waals surface area contributed by atoms with Crippen molar-refractivity contribution in [3.63, 3.8) is 0 Å². The lowest BCUT2D eigenvalue weighted by Gasteiger charge is -2.00. The molecule has 100 valence electrons. The predicted molar refractivity (Wildman–Crippen MR) is 67.8 cm³/mol.